The van der Waals surface area contributed by atoms with Crippen LogP contribution in [-0.4, -0.2) is 28.9 Å². The number of aliphatic hydroxyl groups excluding tert-OH is 1. The van der Waals surface area contributed by atoms with Gasteiger partial charge < -0.3 is 5.11 Å². The zero-order valence-electron chi connectivity index (χ0n) is 5.28. The molecule has 0 radical (unpaired) electrons. The van der Waals surface area contributed by atoms with Gasteiger partial charge in [-0.2, -0.15) is 0 Å². The summed E-state index contributed by atoms with van der Waals surface area (Å²) in [6.45, 7) is 0.384. The van der Waals surface area contributed by atoms with Gasteiger partial charge >= 0.3 is 0 Å². The highest BCUT2D eigenvalue weighted by atomic mass is 16.2. The summed E-state index contributed by atoms with van der Waals surface area (Å²) in [6.07, 6.45) is 1.68. The summed E-state index contributed by atoms with van der Waals surface area (Å²) < 4.78 is 0. The number of nitrogens with zero attached hydrogens (tertiary/aromatic N) is 1. The fourth-order valence-corrected chi connectivity index (χ4v) is 0.854. The van der Waals surface area contributed by atoms with E-state index < -0.39 is 5.91 Å². The molecule has 0 aromatic heterocycles. The van der Waals surface area contributed by atoms with Gasteiger partial charge in [0.1, 0.15) is 0 Å². The molecule has 0 unspecified atom stereocenters. The van der Waals surface area contributed by atoms with Gasteiger partial charge in [0.25, 0.3) is 5.91 Å². The molecule has 54 valence electrons. The molecule has 1 fully saturated rings. The van der Waals surface area contributed by atoms with Crippen molar-refractivity contribution < 1.29 is 14.7 Å². The highest BCUT2D eigenvalue weighted by Crippen LogP contribution is 2.13. The lowest BCUT2D eigenvalue weighted by Gasteiger charge is -2.01. The predicted octanol–water partition coefficient (Wildman–Crippen LogP) is -0.183. The number of hydrogen-bond donors (Lipinski definition) is 1. The number of likely N-dealkylation sites (tertiary alicyclic amines) is 1. The summed E-state index contributed by atoms with van der Waals surface area (Å²) >= 11 is 0. The van der Waals surface area contributed by atoms with E-state index in [9.17, 15) is 9.59 Å². The van der Waals surface area contributed by atoms with Crippen LogP contribution >= 0.6 is 0 Å². The summed E-state index contributed by atoms with van der Waals surface area (Å²) in [5.74, 6) is -0.391. The van der Waals surface area contributed by atoms with Gasteiger partial charge in [-0.1, -0.05) is 0 Å². The first-order valence-corrected chi connectivity index (χ1v) is 2.89. The van der Waals surface area contributed by atoms with Crippen LogP contribution in [0.2, 0.25) is 0 Å². The topological polar surface area (TPSA) is 57.6 Å². The van der Waals surface area contributed by atoms with E-state index in [0.717, 1.165) is 11.2 Å². The van der Waals surface area contributed by atoms with Crippen molar-refractivity contribution in [2.45, 2.75) is 6.42 Å². The van der Waals surface area contributed by atoms with E-state index in [1.54, 1.807) is 0 Å². The number of amides is 2. The second kappa shape index (κ2) is 2.51. The Labute approximate surface area is 57.7 Å². The van der Waals surface area contributed by atoms with Gasteiger partial charge in [-0.25, -0.2) is 0 Å². The molecule has 1 rings (SSSR count). The third-order valence-corrected chi connectivity index (χ3v) is 1.44. The minimum absolute atomic E-state index is 0.298. The second-order valence-electron chi connectivity index (χ2n) is 2.01. The lowest BCUT2D eigenvalue weighted by molar-refractivity contribution is -0.132. The molecule has 4 nitrogen and oxygen atoms in total. The van der Waals surface area contributed by atoms with Crippen molar-refractivity contribution in [3.8, 4) is 0 Å². The monoisotopic (exact) mass is 141 g/mol. The Kier molecular flexibility index (Phi) is 1.71. The molecule has 0 aromatic rings. The van der Waals surface area contributed by atoms with E-state index in [4.69, 9.17) is 5.11 Å². The molecular formula is C6H7NO3. The number of carbonyl (C=O) groups excluding carboxylic acids is 2. The summed E-state index contributed by atoms with van der Waals surface area (Å²) in [7, 11) is 0. The quantitative estimate of drug-likeness (QED) is 0.313. The van der Waals surface area contributed by atoms with Crippen molar-refractivity contribution in [2.75, 3.05) is 6.54 Å². The maximum absolute atomic E-state index is 10.8. The molecule has 0 atom stereocenters. The molecule has 0 aliphatic carbocycles. The van der Waals surface area contributed by atoms with Gasteiger partial charge in [0, 0.05) is 6.54 Å². The molecule has 1 aliphatic rings. The second-order valence-corrected chi connectivity index (χ2v) is 2.01. The van der Waals surface area contributed by atoms with Crippen LogP contribution in [0.5, 0.6) is 0 Å². The minimum atomic E-state index is -0.391. The molecule has 4 heteroatoms. The molecule has 1 N–H and O–H groups in total. The molecule has 1 heterocycles. The molecule has 1 saturated heterocycles. The number of imide groups is 1. The normalized spacial score (nSPS) is 22.2. The average Bonchev–Trinajstić information content (AvgIpc) is 2.30. The van der Waals surface area contributed by atoms with Crippen LogP contribution in [0.15, 0.2) is 11.8 Å². The fraction of sp³-hybridized carbons (Fsp3) is 0.333. The lowest BCUT2D eigenvalue weighted by Crippen LogP contribution is -2.22. The zero-order valence-corrected chi connectivity index (χ0v) is 5.28. The standard InChI is InChI=1S/C6H7NO3/c8-3-5-1-2-7(4-9)6(5)10/h3-4,8H,1-2H2. The Morgan fingerprint density at radius 3 is 2.60 bits per heavy atom. The fourth-order valence-electron chi connectivity index (χ4n) is 0.854. The molecule has 0 spiro atoms. The van der Waals surface area contributed by atoms with Gasteiger partial charge in [-0.15, -0.1) is 0 Å². The highest BCUT2D eigenvalue weighted by Gasteiger charge is 2.24. The molecule has 0 saturated carbocycles. The Morgan fingerprint density at radius 1 is 1.60 bits per heavy atom. The van der Waals surface area contributed by atoms with Crippen molar-refractivity contribution in [1.82, 2.24) is 4.90 Å². The SMILES string of the molecule is O=CN1CCC(=CO)C1=O. The smallest absolute Gasteiger partial charge is 0.259 e. The van der Waals surface area contributed by atoms with Gasteiger partial charge in [0.05, 0.1) is 11.8 Å². The Bertz CT molecular complexity index is 197. The van der Waals surface area contributed by atoms with Crippen molar-refractivity contribution in [3.05, 3.63) is 11.8 Å². The van der Waals surface area contributed by atoms with Crippen molar-refractivity contribution in [3.63, 3.8) is 0 Å². The van der Waals surface area contributed by atoms with E-state index in [0.29, 0.717) is 24.9 Å². The highest BCUT2D eigenvalue weighted by molar-refractivity contribution is 6.01. The zero-order chi connectivity index (χ0) is 7.56. The first kappa shape index (κ1) is 6.80. The molecule has 1 aliphatic heterocycles. The van der Waals surface area contributed by atoms with Crippen LogP contribution in [0.3, 0.4) is 0 Å². The number of hydrogen-bond acceptors (Lipinski definition) is 3. The first-order valence-electron chi connectivity index (χ1n) is 2.89. The maximum Gasteiger partial charge on any atom is 0.259 e. The van der Waals surface area contributed by atoms with E-state index in [-0.39, 0.29) is 0 Å². The molecule has 10 heavy (non-hydrogen) atoms. The molecule has 0 aromatic carbocycles. The number of rotatable bonds is 1. The van der Waals surface area contributed by atoms with Gasteiger partial charge in [0.15, 0.2) is 0 Å². The van der Waals surface area contributed by atoms with Crippen LogP contribution in [-0.2, 0) is 9.59 Å². The number of carbonyl (C=O) groups is 2. The van der Waals surface area contributed by atoms with Crippen LogP contribution in [0.4, 0.5) is 0 Å². The maximum atomic E-state index is 10.8. The van der Waals surface area contributed by atoms with Crippen molar-refractivity contribution >= 4 is 12.3 Å². The predicted molar refractivity (Wildman–Crippen MR) is 33.1 cm³/mol. The van der Waals surface area contributed by atoms with Gasteiger partial charge in [-0.3, -0.25) is 14.5 Å². The van der Waals surface area contributed by atoms with E-state index in [1.165, 1.54) is 0 Å². The minimum Gasteiger partial charge on any atom is -0.515 e. The van der Waals surface area contributed by atoms with Crippen molar-refractivity contribution in [1.29, 1.82) is 0 Å². The third-order valence-electron chi connectivity index (χ3n) is 1.44. The first-order chi connectivity index (χ1) is 4.79. The van der Waals surface area contributed by atoms with Crippen molar-refractivity contribution in [2.24, 2.45) is 0 Å². The van der Waals surface area contributed by atoms with Crippen LogP contribution in [0.25, 0.3) is 0 Å². The van der Waals surface area contributed by atoms with E-state index in [1.807, 2.05) is 0 Å². The molecule has 0 bridgehead atoms. The van der Waals surface area contributed by atoms with Crippen LogP contribution in [0, 0.1) is 0 Å². The van der Waals surface area contributed by atoms with Gasteiger partial charge in [-0.05, 0) is 6.42 Å². The number of aliphatic hydroxyl groups is 1. The third kappa shape index (κ3) is 0.877. The Balaban J connectivity index is 2.76. The molecule has 2 amide bonds. The molecular weight excluding hydrogens is 134 g/mol. The summed E-state index contributed by atoms with van der Waals surface area (Å²) in [6, 6.07) is 0. The average molecular weight is 141 g/mol. The summed E-state index contributed by atoms with van der Waals surface area (Å²) in [4.78, 5) is 21.9. The Hall–Kier alpha value is -1.32. The summed E-state index contributed by atoms with van der Waals surface area (Å²) in [5.41, 5.74) is 0.298. The lowest BCUT2D eigenvalue weighted by atomic mass is 10.3. The summed E-state index contributed by atoms with van der Waals surface area (Å²) in [5, 5.41) is 8.42. The largest absolute Gasteiger partial charge is 0.515 e. The van der Waals surface area contributed by atoms with E-state index >= 15 is 0 Å². The van der Waals surface area contributed by atoms with Gasteiger partial charge in [0.2, 0.25) is 6.41 Å². The van der Waals surface area contributed by atoms with Crippen LogP contribution < -0.4 is 0 Å². The Morgan fingerprint density at radius 2 is 2.30 bits per heavy atom. The van der Waals surface area contributed by atoms with E-state index in [2.05, 4.69) is 0 Å². The van der Waals surface area contributed by atoms with Crippen LogP contribution in [0.1, 0.15) is 6.42 Å².